The zero-order valence-corrected chi connectivity index (χ0v) is 24.9. The van der Waals surface area contributed by atoms with Crippen molar-refractivity contribution in [3.05, 3.63) is 41.7 Å². The molecular weight excluding hydrogens is 528 g/mol. The molecule has 3 N–H and O–H groups in total. The molecule has 2 aliphatic heterocycles. The molecule has 0 bridgehead atoms. The average molecular weight is 573 g/mol. The van der Waals surface area contributed by atoms with E-state index in [1.165, 1.54) is 56.9 Å². The summed E-state index contributed by atoms with van der Waals surface area (Å²) in [5, 5.41) is 6.57. The number of hydrogen-bond acceptors (Lipinski definition) is 8. The second-order valence-corrected chi connectivity index (χ2v) is 13.1. The minimum Gasteiger partial charge on any atom is -0.365 e. The molecule has 1 amide bonds. The predicted octanol–water partition coefficient (Wildman–Crippen LogP) is 6.23. The van der Waals surface area contributed by atoms with Gasteiger partial charge >= 0.3 is 6.09 Å². The van der Waals surface area contributed by atoms with Gasteiger partial charge in [0.25, 0.3) is 0 Å². The largest absolute Gasteiger partial charge is 0.427 e. The van der Waals surface area contributed by atoms with Gasteiger partial charge in [0.1, 0.15) is 5.52 Å². The number of hydroxylamine groups is 1. The smallest absolute Gasteiger partial charge is 0.365 e. The Balaban J connectivity index is 1.35. The van der Waals surface area contributed by atoms with Crippen LogP contribution in [0.15, 0.2) is 30.3 Å². The van der Waals surface area contributed by atoms with Crippen LogP contribution in [0.25, 0.3) is 11.2 Å². The van der Waals surface area contributed by atoms with Crippen molar-refractivity contribution in [1.82, 2.24) is 30.3 Å². The first-order valence-electron chi connectivity index (χ1n) is 16.1. The molecule has 2 aromatic heterocycles. The van der Waals surface area contributed by atoms with E-state index in [2.05, 4.69) is 69.8 Å². The average Bonchev–Trinajstić information content (AvgIpc) is 3.57. The monoisotopic (exact) mass is 572 g/mol. The van der Waals surface area contributed by atoms with Gasteiger partial charge in [-0.05, 0) is 75.2 Å². The predicted molar refractivity (Wildman–Crippen MR) is 163 cm³/mol. The van der Waals surface area contributed by atoms with Gasteiger partial charge in [0.2, 0.25) is 5.95 Å². The first-order chi connectivity index (χ1) is 20.5. The maximum atomic E-state index is 11.9. The highest BCUT2D eigenvalue weighted by Crippen LogP contribution is 2.40. The van der Waals surface area contributed by atoms with Gasteiger partial charge in [-0.3, -0.25) is 5.32 Å². The van der Waals surface area contributed by atoms with Crippen LogP contribution >= 0.6 is 0 Å². The van der Waals surface area contributed by atoms with Crippen LogP contribution in [0.3, 0.4) is 0 Å². The molecule has 0 radical (unpaired) electrons. The van der Waals surface area contributed by atoms with Crippen LogP contribution in [0.1, 0.15) is 102 Å². The van der Waals surface area contributed by atoms with Gasteiger partial charge < -0.3 is 19.6 Å². The Morgan fingerprint density at radius 2 is 1.81 bits per heavy atom. The summed E-state index contributed by atoms with van der Waals surface area (Å²) >= 11 is 0. The van der Waals surface area contributed by atoms with E-state index < -0.39 is 12.3 Å². The molecule has 0 spiro atoms. The molecule has 10 nitrogen and oxygen atoms in total. The van der Waals surface area contributed by atoms with E-state index in [0.717, 1.165) is 49.1 Å². The number of imidazole rings is 1. The van der Waals surface area contributed by atoms with Crippen LogP contribution in [0, 0.1) is 17.8 Å². The van der Waals surface area contributed by atoms with E-state index >= 15 is 0 Å². The maximum absolute atomic E-state index is 11.9. The summed E-state index contributed by atoms with van der Waals surface area (Å²) in [4.78, 5) is 34.7. The number of carbonyl (C=O) groups excluding carboxylic acids is 1. The summed E-state index contributed by atoms with van der Waals surface area (Å²) in [7, 11) is 0. The summed E-state index contributed by atoms with van der Waals surface area (Å²) in [6.45, 7) is 6.51. The summed E-state index contributed by atoms with van der Waals surface area (Å²) in [5.74, 6) is 4.27. The number of rotatable bonds is 8. The number of amides is 1. The zero-order valence-electron chi connectivity index (χ0n) is 24.9. The van der Waals surface area contributed by atoms with Gasteiger partial charge in [-0.2, -0.15) is 4.98 Å². The quantitative estimate of drug-likeness (QED) is 0.292. The number of anilines is 2. The van der Waals surface area contributed by atoms with Crippen molar-refractivity contribution in [2.24, 2.45) is 17.8 Å². The Morgan fingerprint density at radius 1 is 1.00 bits per heavy atom. The molecule has 42 heavy (non-hydrogen) atoms. The zero-order chi connectivity index (χ0) is 28.6. The second kappa shape index (κ2) is 11.7. The summed E-state index contributed by atoms with van der Waals surface area (Å²) in [5.41, 5.74) is 5.71. The molecule has 2 saturated carbocycles. The lowest BCUT2D eigenvalue weighted by molar-refractivity contribution is 0.120. The topological polar surface area (TPSA) is 109 Å². The van der Waals surface area contributed by atoms with Gasteiger partial charge in [-0.15, -0.1) is 5.48 Å². The van der Waals surface area contributed by atoms with Gasteiger partial charge in [0.05, 0.1) is 6.04 Å². The third-order valence-corrected chi connectivity index (χ3v) is 10.1. The lowest BCUT2D eigenvalue weighted by Crippen LogP contribution is -2.36. The number of benzene rings is 1. The molecule has 3 atom stereocenters. The number of nitrogens with zero attached hydrogens (tertiary/aromatic N) is 5. The number of hydrogen-bond donors (Lipinski definition) is 3. The Hall–Kier alpha value is -3.40. The Kier molecular flexibility index (Phi) is 7.65. The number of piperidine rings is 1. The third kappa shape index (κ3) is 5.41. The Labute approximate surface area is 248 Å². The van der Waals surface area contributed by atoms with Crippen molar-refractivity contribution in [3.63, 3.8) is 0 Å². The molecule has 4 fully saturated rings. The molecule has 224 valence electrons. The van der Waals surface area contributed by atoms with Crippen molar-refractivity contribution >= 4 is 29.0 Å². The van der Waals surface area contributed by atoms with E-state index in [1.807, 2.05) is 0 Å². The van der Waals surface area contributed by atoms with E-state index in [-0.39, 0.29) is 12.1 Å². The Bertz CT molecular complexity index is 1400. The van der Waals surface area contributed by atoms with Crippen molar-refractivity contribution in [2.45, 2.75) is 103 Å². The highest BCUT2D eigenvalue weighted by atomic mass is 16.7. The number of fused-ring (bicyclic) bond motifs is 1. The molecule has 2 saturated heterocycles. The van der Waals surface area contributed by atoms with Crippen molar-refractivity contribution in [3.8, 4) is 0 Å². The van der Waals surface area contributed by atoms with Crippen LogP contribution in [-0.2, 0) is 11.4 Å². The van der Waals surface area contributed by atoms with Crippen LogP contribution < -0.4 is 21.0 Å². The molecule has 2 aliphatic carbocycles. The normalized spacial score (nSPS) is 27.4. The van der Waals surface area contributed by atoms with Gasteiger partial charge in [-0.25, -0.2) is 14.8 Å². The molecule has 4 aliphatic rings. The van der Waals surface area contributed by atoms with Crippen molar-refractivity contribution in [2.75, 3.05) is 16.8 Å². The minimum absolute atomic E-state index is 0.267. The Morgan fingerprint density at radius 3 is 2.52 bits per heavy atom. The van der Waals surface area contributed by atoms with Crippen molar-refractivity contribution in [1.29, 1.82) is 0 Å². The van der Waals surface area contributed by atoms with Crippen LogP contribution in [0.5, 0.6) is 0 Å². The van der Waals surface area contributed by atoms with E-state index in [0.29, 0.717) is 23.3 Å². The molecule has 3 aromatic rings. The fourth-order valence-electron chi connectivity index (χ4n) is 7.31. The standard InChI is InChI=1S/C32H44N8O2/c1-20-14-16-22(17-15-20)19-40-26-27(33-21(2)23-11-8-12-23)34-29(30-37-32(41)42-38-30)35-28(26)36-31(40)39-18-7-6-13-25(39)24-9-4-3-5-10-24/h3-5,9-10,20-23,25,30,38H,6-8,11-19H2,1-2H3,(H,37,41)(H,33,34,35)/t20?,21-,22?,25+,30?/m1/s1. The van der Waals surface area contributed by atoms with E-state index in [4.69, 9.17) is 19.8 Å². The molecule has 10 heteroatoms. The lowest BCUT2D eigenvalue weighted by Gasteiger charge is -2.38. The SMILES string of the molecule is CC1CCC(Cn2c(N3CCCC[C@H]3c3ccccc3)nc3nc(C4NOC(=O)N4)nc(N[C@H](C)C4CCC4)c32)CC1. The molecule has 1 unspecified atom stereocenters. The van der Waals surface area contributed by atoms with Crippen molar-refractivity contribution < 1.29 is 9.63 Å². The third-order valence-electron chi connectivity index (χ3n) is 10.1. The van der Waals surface area contributed by atoms with E-state index in [9.17, 15) is 4.79 Å². The summed E-state index contributed by atoms with van der Waals surface area (Å²) in [6, 6.07) is 11.4. The molecule has 4 heterocycles. The summed E-state index contributed by atoms with van der Waals surface area (Å²) < 4.78 is 2.44. The minimum atomic E-state index is -0.623. The number of aromatic nitrogens is 4. The first kappa shape index (κ1) is 27.4. The fourth-order valence-corrected chi connectivity index (χ4v) is 7.31. The number of nitrogens with one attached hydrogen (secondary N) is 3. The highest BCUT2D eigenvalue weighted by Gasteiger charge is 2.34. The second-order valence-electron chi connectivity index (χ2n) is 13.1. The first-order valence-corrected chi connectivity index (χ1v) is 16.1. The van der Waals surface area contributed by atoms with Gasteiger partial charge in [-0.1, -0.05) is 56.5 Å². The molecular formula is C32H44N8O2. The molecule has 7 rings (SSSR count). The fraction of sp³-hybridized carbons (Fsp3) is 0.625. The van der Waals surface area contributed by atoms with Gasteiger partial charge in [0, 0.05) is 19.1 Å². The van der Waals surface area contributed by atoms with Gasteiger partial charge in [0.15, 0.2) is 23.5 Å². The maximum Gasteiger partial charge on any atom is 0.427 e. The highest BCUT2D eigenvalue weighted by molar-refractivity contribution is 5.86. The number of carbonyl (C=O) groups is 1. The van der Waals surface area contributed by atoms with Crippen LogP contribution in [-0.4, -0.2) is 38.2 Å². The van der Waals surface area contributed by atoms with Crippen LogP contribution in [0.2, 0.25) is 0 Å². The lowest BCUT2D eigenvalue weighted by atomic mass is 9.80. The molecule has 1 aromatic carbocycles. The van der Waals surface area contributed by atoms with Crippen LogP contribution in [0.4, 0.5) is 16.6 Å². The summed E-state index contributed by atoms with van der Waals surface area (Å²) in [6.07, 6.45) is 11.1. The van der Waals surface area contributed by atoms with E-state index in [1.54, 1.807) is 0 Å².